The van der Waals surface area contributed by atoms with E-state index in [1.54, 1.807) is 18.7 Å². The van der Waals surface area contributed by atoms with E-state index in [2.05, 4.69) is 9.88 Å². The van der Waals surface area contributed by atoms with E-state index >= 15 is 0 Å². The summed E-state index contributed by atoms with van der Waals surface area (Å²) in [5.74, 6) is 1.85. The van der Waals surface area contributed by atoms with Crippen LogP contribution in [0.15, 0.2) is 47.3 Å². The van der Waals surface area contributed by atoms with Crippen LogP contribution in [-0.4, -0.2) is 42.3 Å². The normalized spacial score (nSPS) is 27.7. The number of likely N-dealkylation sites (tertiary alicyclic amines) is 1. The van der Waals surface area contributed by atoms with Crippen molar-refractivity contribution in [1.29, 1.82) is 0 Å². The molecule has 0 spiro atoms. The summed E-state index contributed by atoms with van der Waals surface area (Å²) in [7, 11) is 0. The molecule has 2 aromatic heterocycles. The average Bonchev–Trinajstić information content (AvgIpc) is 3.23. The zero-order valence-electron chi connectivity index (χ0n) is 13.2. The third-order valence-corrected chi connectivity index (χ3v) is 4.97. The highest BCUT2D eigenvalue weighted by Gasteiger charge is 2.48. The van der Waals surface area contributed by atoms with Gasteiger partial charge in [-0.25, -0.2) is 0 Å². The minimum Gasteiger partial charge on any atom is -0.491 e. The quantitative estimate of drug-likeness (QED) is 0.849. The Bertz CT molecular complexity index is 616. The maximum absolute atomic E-state index is 6.04. The van der Waals surface area contributed by atoms with E-state index in [-0.39, 0.29) is 5.41 Å². The number of fused-ring (bicyclic) bond motifs is 1. The molecule has 2 aromatic rings. The third-order valence-electron chi connectivity index (χ3n) is 4.97. The number of rotatable bonds is 5. The Morgan fingerprint density at radius 1 is 1.35 bits per heavy atom. The summed E-state index contributed by atoms with van der Waals surface area (Å²) in [6.45, 7) is 4.39. The first-order valence-corrected chi connectivity index (χ1v) is 8.23. The molecule has 2 aliphatic rings. The zero-order chi connectivity index (χ0) is 15.5. The maximum Gasteiger partial charge on any atom is 0.137 e. The van der Waals surface area contributed by atoms with Gasteiger partial charge in [-0.15, -0.1) is 0 Å². The van der Waals surface area contributed by atoms with Crippen LogP contribution in [0, 0.1) is 5.41 Å². The molecule has 122 valence electrons. The summed E-state index contributed by atoms with van der Waals surface area (Å²) in [5.41, 5.74) is 0.0701. The number of furan rings is 1. The molecule has 0 saturated carbocycles. The van der Waals surface area contributed by atoms with Crippen molar-refractivity contribution in [3.8, 4) is 5.75 Å². The molecule has 2 atom stereocenters. The summed E-state index contributed by atoms with van der Waals surface area (Å²) >= 11 is 0. The van der Waals surface area contributed by atoms with Gasteiger partial charge in [-0.3, -0.25) is 9.88 Å². The van der Waals surface area contributed by atoms with Crippen LogP contribution in [0.3, 0.4) is 0 Å². The van der Waals surface area contributed by atoms with Gasteiger partial charge in [0.2, 0.25) is 0 Å². The van der Waals surface area contributed by atoms with Gasteiger partial charge in [-0.05, 0) is 37.1 Å². The molecule has 5 heteroatoms. The van der Waals surface area contributed by atoms with Gasteiger partial charge in [0.25, 0.3) is 0 Å². The molecule has 0 bridgehead atoms. The second kappa shape index (κ2) is 6.34. The SMILES string of the molecule is c1cncc(OC[C@]23CCO[C@H]2CCN(Cc2ccco2)C3)c1. The highest BCUT2D eigenvalue weighted by molar-refractivity contribution is 5.16. The number of pyridine rings is 1. The van der Waals surface area contributed by atoms with Crippen LogP contribution in [0.4, 0.5) is 0 Å². The first kappa shape index (κ1) is 14.7. The monoisotopic (exact) mass is 314 g/mol. The largest absolute Gasteiger partial charge is 0.491 e. The van der Waals surface area contributed by atoms with E-state index in [1.165, 1.54) is 0 Å². The molecule has 4 rings (SSSR count). The molecule has 23 heavy (non-hydrogen) atoms. The molecule has 4 heterocycles. The van der Waals surface area contributed by atoms with E-state index in [9.17, 15) is 0 Å². The molecule has 0 radical (unpaired) electrons. The summed E-state index contributed by atoms with van der Waals surface area (Å²) in [5, 5.41) is 0. The molecule has 5 nitrogen and oxygen atoms in total. The molecule has 2 fully saturated rings. The lowest BCUT2D eigenvalue weighted by Gasteiger charge is -2.43. The van der Waals surface area contributed by atoms with E-state index < -0.39 is 0 Å². The summed E-state index contributed by atoms with van der Waals surface area (Å²) in [4.78, 5) is 6.57. The van der Waals surface area contributed by atoms with Gasteiger partial charge in [0.15, 0.2) is 0 Å². The number of piperidine rings is 1. The molecule has 0 aromatic carbocycles. The van der Waals surface area contributed by atoms with E-state index in [0.717, 1.165) is 50.6 Å². The zero-order valence-corrected chi connectivity index (χ0v) is 13.2. The topological polar surface area (TPSA) is 47.7 Å². The minimum absolute atomic E-state index is 0.0701. The highest BCUT2D eigenvalue weighted by Crippen LogP contribution is 2.41. The summed E-state index contributed by atoms with van der Waals surface area (Å²) in [6, 6.07) is 7.84. The van der Waals surface area contributed by atoms with Crippen molar-refractivity contribution in [2.24, 2.45) is 5.41 Å². The Hall–Kier alpha value is -1.85. The van der Waals surface area contributed by atoms with Crippen LogP contribution >= 0.6 is 0 Å². The van der Waals surface area contributed by atoms with Crippen LogP contribution in [0.1, 0.15) is 18.6 Å². The van der Waals surface area contributed by atoms with Gasteiger partial charge in [-0.1, -0.05) is 0 Å². The molecular weight excluding hydrogens is 292 g/mol. The molecule has 0 amide bonds. The predicted molar refractivity (Wildman–Crippen MR) is 85.1 cm³/mol. The third kappa shape index (κ3) is 3.12. The number of ether oxygens (including phenoxy) is 2. The van der Waals surface area contributed by atoms with Crippen molar-refractivity contribution >= 4 is 0 Å². The van der Waals surface area contributed by atoms with E-state index in [1.807, 2.05) is 24.3 Å². The fourth-order valence-electron chi connectivity index (χ4n) is 3.77. The van der Waals surface area contributed by atoms with Crippen LogP contribution in [0.2, 0.25) is 0 Å². The van der Waals surface area contributed by atoms with Crippen molar-refractivity contribution in [3.63, 3.8) is 0 Å². The van der Waals surface area contributed by atoms with Crippen LogP contribution < -0.4 is 4.74 Å². The van der Waals surface area contributed by atoms with Crippen molar-refractivity contribution in [2.45, 2.75) is 25.5 Å². The van der Waals surface area contributed by atoms with Gasteiger partial charge in [0, 0.05) is 31.3 Å². The van der Waals surface area contributed by atoms with Gasteiger partial charge < -0.3 is 13.9 Å². The maximum atomic E-state index is 6.04. The Balaban J connectivity index is 1.44. The first-order chi connectivity index (χ1) is 11.3. The van der Waals surface area contributed by atoms with Crippen molar-refractivity contribution < 1.29 is 13.9 Å². The average molecular weight is 314 g/mol. The summed E-state index contributed by atoms with van der Waals surface area (Å²) < 4.78 is 17.5. The number of hydrogen-bond acceptors (Lipinski definition) is 5. The lowest BCUT2D eigenvalue weighted by Crippen LogP contribution is -2.52. The number of hydrogen-bond donors (Lipinski definition) is 0. The molecule has 0 N–H and O–H groups in total. The smallest absolute Gasteiger partial charge is 0.137 e. The fourth-order valence-corrected chi connectivity index (χ4v) is 3.77. The van der Waals surface area contributed by atoms with E-state index in [0.29, 0.717) is 12.7 Å². The molecule has 0 aliphatic carbocycles. The predicted octanol–water partition coefficient (Wildman–Crippen LogP) is 2.73. The molecule has 2 aliphatic heterocycles. The highest BCUT2D eigenvalue weighted by atomic mass is 16.5. The van der Waals surface area contributed by atoms with Gasteiger partial charge in [-0.2, -0.15) is 0 Å². The van der Waals surface area contributed by atoms with E-state index in [4.69, 9.17) is 13.9 Å². The fraction of sp³-hybridized carbons (Fsp3) is 0.500. The Morgan fingerprint density at radius 3 is 3.17 bits per heavy atom. The van der Waals surface area contributed by atoms with Crippen LogP contribution in [-0.2, 0) is 11.3 Å². The number of nitrogens with zero attached hydrogens (tertiary/aromatic N) is 2. The molecular formula is C18H22N2O3. The number of aromatic nitrogens is 1. The van der Waals surface area contributed by atoms with Gasteiger partial charge in [0.05, 0.1) is 31.7 Å². The van der Waals surface area contributed by atoms with Gasteiger partial charge >= 0.3 is 0 Å². The summed E-state index contributed by atoms with van der Waals surface area (Å²) in [6.07, 6.45) is 7.67. The minimum atomic E-state index is 0.0701. The molecule has 2 saturated heterocycles. The lowest BCUT2D eigenvalue weighted by atomic mass is 9.77. The molecule has 0 unspecified atom stereocenters. The second-order valence-corrected chi connectivity index (χ2v) is 6.53. The van der Waals surface area contributed by atoms with Crippen molar-refractivity contribution in [3.05, 3.63) is 48.7 Å². The van der Waals surface area contributed by atoms with Crippen molar-refractivity contribution in [2.75, 3.05) is 26.3 Å². The lowest BCUT2D eigenvalue weighted by molar-refractivity contribution is -0.0427. The van der Waals surface area contributed by atoms with Crippen molar-refractivity contribution in [1.82, 2.24) is 9.88 Å². The Labute approximate surface area is 136 Å². The van der Waals surface area contributed by atoms with Gasteiger partial charge in [0.1, 0.15) is 11.5 Å². The van der Waals surface area contributed by atoms with Crippen LogP contribution in [0.5, 0.6) is 5.75 Å². The standard InChI is InChI=1S/C18H22N2O3/c1-3-15(11-19-7-1)23-14-18-6-10-22-17(18)5-8-20(13-18)12-16-4-2-9-21-16/h1-4,7,9,11,17H,5-6,8,10,12-14H2/t17-,18+/m0/s1. The van der Waals surface area contributed by atoms with Crippen LogP contribution in [0.25, 0.3) is 0 Å². The second-order valence-electron chi connectivity index (χ2n) is 6.53. The Kier molecular flexibility index (Phi) is 4.06. The first-order valence-electron chi connectivity index (χ1n) is 8.23. The Morgan fingerprint density at radius 2 is 2.35 bits per heavy atom.